The molecule has 0 saturated carbocycles. The van der Waals surface area contributed by atoms with Gasteiger partial charge in [0.1, 0.15) is 0 Å². The van der Waals surface area contributed by atoms with Crippen LogP contribution < -0.4 is 5.32 Å². The van der Waals surface area contributed by atoms with Gasteiger partial charge in [-0.1, -0.05) is 64.0 Å². The Morgan fingerprint density at radius 1 is 1.04 bits per heavy atom. The van der Waals surface area contributed by atoms with E-state index in [1.165, 1.54) is 56.9 Å². The molecule has 1 aromatic rings. The van der Waals surface area contributed by atoms with Gasteiger partial charge in [0.15, 0.2) is 0 Å². The van der Waals surface area contributed by atoms with Crippen LogP contribution in [0.25, 0.3) is 0 Å². The van der Waals surface area contributed by atoms with Gasteiger partial charge in [0.05, 0.1) is 0 Å². The Morgan fingerprint density at radius 3 is 2.32 bits per heavy atom. The molecule has 1 N–H and O–H groups in total. The van der Waals surface area contributed by atoms with Gasteiger partial charge >= 0.3 is 0 Å². The molecule has 1 heterocycles. The van der Waals surface area contributed by atoms with Gasteiger partial charge in [0.25, 0.3) is 5.91 Å². The molecule has 140 valence electrons. The maximum absolute atomic E-state index is 12.6. The maximum Gasteiger partial charge on any atom is 0.253 e. The topological polar surface area (TPSA) is 32.3 Å². The summed E-state index contributed by atoms with van der Waals surface area (Å²) < 4.78 is 0. The monoisotopic (exact) mass is 344 g/mol. The molecule has 1 atom stereocenters. The number of nitrogens with one attached hydrogen (secondary N) is 1. The SMILES string of the molecule is CCCCCCCCCCc1ccc(C(=O)N2CCN[C@@H](C)C2)cc1. The first kappa shape index (κ1) is 20.0. The van der Waals surface area contributed by atoms with Gasteiger partial charge in [-0.25, -0.2) is 0 Å². The van der Waals surface area contributed by atoms with Gasteiger partial charge in [-0.05, 0) is 37.5 Å². The summed E-state index contributed by atoms with van der Waals surface area (Å²) in [5, 5.41) is 3.38. The number of carbonyl (C=O) groups excluding carboxylic acids is 1. The van der Waals surface area contributed by atoms with Crippen LogP contribution in [0.15, 0.2) is 24.3 Å². The number of aryl methyl sites for hydroxylation is 1. The lowest BCUT2D eigenvalue weighted by molar-refractivity contribution is 0.0709. The first-order chi connectivity index (χ1) is 12.2. The molecular formula is C22H36N2O. The van der Waals surface area contributed by atoms with Crippen LogP contribution in [0.3, 0.4) is 0 Å². The number of nitrogens with zero attached hydrogens (tertiary/aromatic N) is 1. The summed E-state index contributed by atoms with van der Waals surface area (Å²) >= 11 is 0. The second kappa shape index (κ2) is 11.3. The number of unbranched alkanes of at least 4 members (excludes halogenated alkanes) is 7. The van der Waals surface area contributed by atoms with Crippen LogP contribution in [0.1, 0.15) is 81.1 Å². The molecule has 2 rings (SSSR count). The van der Waals surface area contributed by atoms with E-state index in [0.29, 0.717) is 6.04 Å². The number of rotatable bonds is 10. The molecule has 25 heavy (non-hydrogen) atoms. The lowest BCUT2D eigenvalue weighted by atomic mass is 10.0. The third-order valence-electron chi connectivity index (χ3n) is 5.18. The minimum atomic E-state index is 0.173. The first-order valence-corrected chi connectivity index (χ1v) is 10.3. The summed E-state index contributed by atoms with van der Waals surface area (Å²) in [6.07, 6.45) is 12.0. The molecule has 1 aliphatic rings. The van der Waals surface area contributed by atoms with Gasteiger partial charge in [0, 0.05) is 31.2 Å². The minimum Gasteiger partial charge on any atom is -0.336 e. The van der Waals surface area contributed by atoms with Crippen molar-refractivity contribution in [1.82, 2.24) is 10.2 Å². The average Bonchev–Trinajstić information content (AvgIpc) is 2.64. The number of carbonyl (C=O) groups is 1. The molecule has 1 fully saturated rings. The molecule has 1 aliphatic heterocycles. The minimum absolute atomic E-state index is 0.173. The van der Waals surface area contributed by atoms with Crippen molar-refractivity contribution < 1.29 is 4.79 Å². The summed E-state index contributed by atoms with van der Waals surface area (Å²) in [4.78, 5) is 14.5. The van der Waals surface area contributed by atoms with E-state index in [4.69, 9.17) is 0 Å². The van der Waals surface area contributed by atoms with Crippen LogP contribution in [-0.2, 0) is 6.42 Å². The third kappa shape index (κ3) is 7.19. The van der Waals surface area contributed by atoms with E-state index in [2.05, 4.69) is 31.3 Å². The molecule has 1 aromatic carbocycles. The Morgan fingerprint density at radius 2 is 1.68 bits per heavy atom. The zero-order chi connectivity index (χ0) is 17.9. The van der Waals surface area contributed by atoms with Gasteiger partial charge < -0.3 is 10.2 Å². The van der Waals surface area contributed by atoms with Crippen molar-refractivity contribution in [1.29, 1.82) is 0 Å². The van der Waals surface area contributed by atoms with E-state index < -0.39 is 0 Å². The average molecular weight is 345 g/mol. The van der Waals surface area contributed by atoms with Crippen LogP contribution in [0, 0.1) is 0 Å². The predicted molar refractivity (Wildman–Crippen MR) is 106 cm³/mol. The van der Waals surface area contributed by atoms with E-state index in [1.807, 2.05) is 17.0 Å². The maximum atomic E-state index is 12.6. The second-order valence-corrected chi connectivity index (χ2v) is 7.53. The van der Waals surface area contributed by atoms with Crippen molar-refractivity contribution in [3.05, 3.63) is 35.4 Å². The lowest BCUT2D eigenvalue weighted by Gasteiger charge is -2.32. The van der Waals surface area contributed by atoms with Crippen molar-refractivity contribution in [3.63, 3.8) is 0 Å². The van der Waals surface area contributed by atoms with Crippen LogP contribution in [0.4, 0.5) is 0 Å². The van der Waals surface area contributed by atoms with Gasteiger partial charge in [-0.2, -0.15) is 0 Å². The largest absolute Gasteiger partial charge is 0.336 e. The highest BCUT2D eigenvalue weighted by atomic mass is 16.2. The Bertz CT molecular complexity index is 497. The molecule has 0 aliphatic carbocycles. The number of amides is 1. The molecular weight excluding hydrogens is 308 g/mol. The van der Waals surface area contributed by atoms with Crippen molar-refractivity contribution in [2.45, 2.75) is 77.7 Å². The number of hydrogen-bond acceptors (Lipinski definition) is 2. The van der Waals surface area contributed by atoms with E-state index in [1.54, 1.807) is 0 Å². The van der Waals surface area contributed by atoms with E-state index in [0.717, 1.165) is 31.6 Å². The zero-order valence-electron chi connectivity index (χ0n) is 16.2. The molecule has 0 aromatic heterocycles. The van der Waals surface area contributed by atoms with E-state index in [9.17, 15) is 4.79 Å². The zero-order valence-corrected chi connectivity index (χ0v) is 16.2. The Labute approximate surface area is 154 Å². The standard InChI is InChI=1S/C22H36N2O/c1-3-4-5-6-7-8-9-10-11-20-12-14-21(15-13-20)22(25)24-17-16-23-19(2)18-24/h12-15,19,23H,3-11,16-18H2,1-2H3/t19-/m0/s1. The fourth-order valence-corrected chi connectivity index (χ4v) is 3.58. The molecule has 0 bridgehead atoms. The molecule has 3 heteroatoms. The van der Waals surface area contributed by atoms with E-state index >= 15 is 0 Å². The summed E-state index contributed by atoms with van der Waals surface area (Å²) in [5.41, 5.74) is 2.19. The summed E-state index contributed by atoms with van der Waals surface area (Å²) in [6.45, 7) is 6.90. The van der Waals surface area contributed by atoms with Crippen molar-refractivity contribution in [2.75, 3.05) is 19.6 Å². The molecule has 1 saturated heterocycles. The molecule has 0 radical (unpaired) electrons. The highest BCUT2D eigenvalue weighted by Crippen LogP contribution is 2.14. The summed E-state index contributed by atoms with van der Waals surface area (Å²) in [6, 6.07) is 8.68. The Kier molecular flexibility index (Phi) is 9.03. The number of piperazine rings is 1. The second-order valence-electron chi connectivity index (χ2n) is 7.53. The summed E-state index contributed by atoms with van der Waals surface area (Å²) in [7, 11) is 0. The quantitative estimate of drug-likeness (QED) is 0.618. The van der Waals surface area contributed by atoms with Gasteiger partial charge in [-0.15, -0.1) is 0 Å². The van der Waals surface area contributed by atoms with Crippen LogP contribution in [-0.4, -0.2) is 36.5 Å². The smallest absolute Gasteiger partial charge is 0.253 e. The molecule has 0 unspecified atom stereocenters. The fourth-order valence-electron chi connectivity index (χ4n) is 3.58. The highest BCUT2D eigenvalue weighted by Gasteiger charge is 2.21. The molecule has 3 nitrogen and oxygen atoms in total. The van der Waals surface area contributed by atoms with E-state index in [-0.39, 0.29) is 5.91 Å². The number of benzene rings is 1. The van der Waals surface area contributed by atoms with Crippen molar-refractivity contribution in [3.8, 4) is 0 Å². The Hall–Kier alpha value is -1.35. The third-order valence-corrected chi connectivity index (χ3v) is 5.18. The molecule has 1 amide bonds. The van der Waals surface area contributed by atoms with Gasteiger partial charge in [-0.3, -0.25) is 4.79 Å². The summed E-state index contributed by atoms with van der Waals surface area (Å²) in [5.74, 6) is 0.173. The van der Waals surface area contributed by atoms with Crippen LogP contribution >= 0.6 is 0 Å². The van der Waals surface area contributed by atoms with Crippen LogP contribution in [0.5, 0.6) is 0 Å². The Balaban J connectivity index is 1.66. The highest BCUT2D eigenvalue weighted by molar-refractivity contribution is 5.94. The van der Waals surface area contributed by atoms with Crippen LogP contribution in [0.2, 0.25) is 0 Å². The molecule has 0 spiro atoms. The normalized spacial score (nSPS) is 17.7. The first-order valence-electron chi connectivity index (χ1n) is 10.3. The van der Waals surface area contributed by atoms with Gasteiger partial charge in [0.2, 0.25) is 0 Å². The van der Waals surface area contributed by atoms with Crippen molar-refractivity contribution >= 4 is 5.91 Å². The lowest BCUT2D eigenvalue weighted by Crippen LogP contribution is -2.51. The predicted octanol–water partition coefficient (Wildman–Crippen LogP) is 4.80. The number of hydrogen-bond donors (Lipinski definition) is 1. The fraction of sp³-hybridized carbons (Fsp3) is 0.682. The van der Waals surface area contributed by atoms with Crippen molar-refractivity contribution in [2.24, 2.45) is 0 Å².